The number of ether oxygens (including phenoxy) is 1. The zero-order chi connectivity index (χ0) is 26.0. The van der Waals surface area contributed by atoms with Crippen molar-refractivity contribution in [2.75, 3.05) is 7.11 Å². The molecule has 2 rings (SSSR count). The third kappa shape index (κ3) is 8.09. The number of unbranched alkanes of at least 4 members (excludes halogenated alkanes) is 1. The lowest BCUT2D eigenvalue weighted by molar-refractivity contribution is -0.139. The Hall–Kier alpha value is -3.41. The summed E-state index contributed by atoms with van der Waals surface area (Å²) in [5.74, 6) is -1.10. The number of ketones is 1. The maximum Gasteiger partial charge on any atom is 0.351 e. The van der Waals surface area contributed by atoms with E-state index in [9.17, 15) is 19.5 Å². The van der Waals surface area contributed by atoms with E-state index in [-0.39, 0.29) is 29.6 Å². The van der Waals surface area contributed by atoms with Gasteiger partial charge >= 0.3 is 11.6 Å². The molecular weight excluding hydrogens is 444 g/mol. The summed E-state index contributed by atoms with van der Waals surface area (Å²) in [7, 11) is 1.34. The molecule has 0 saturated carbocycles. The lowest BCUT2D eigenvalue weighted by Crippen LogP contribution is -2.16. The van der Waals surface area contributed by atoms with Gasteiger partial charge in [-0.15, -0.1) is 0 Å². The molecule has 1 aromatic heterocycles. The van der Waals surface area contributed by atoms with E-state index in [1.54, 1.807) is 19.1 Å². The molecule has 1 aromatic carbocycles. The van der Waals surface area contributed by atoms with Crippen molar-refractivity contribution >= 4 is 17.8 Å². The number of allylic oxidation sites excluding steroid dienone is 2. The first-order valence-corrected chi connectivity index (χ1v) is 12.1. The van der Waals surface area contributed by atoms with Crippen molar-refractivity contribution in [3.05, 3.63) is 80.4 Å². The molecule has 1 N–H and O–H groups in total. The molecule has 0 aliphatic rings. The smallest absolute Gasteiger partial charge is 0.351 e. The predicted octanol–water partition coefficient (Wildman–Crippen LogP) is 6.29. The third-order valence-electron chi connectivity index (χ3n) is 5.99. The molecule has 188 valence electrons. The van der Waals surface area contributed by atoms with Crippen molar-refractivity contribution < 1.29 is 23.8 Å². The summed E-state index contributed by atoms with van der Waals surface area (Å²) in [4.78, 5) is 36.7. The van der Waals surface area contributed by atoms with Crippen LogP contribution in [0.2, 0.25) is 0 Å². The fraction of sp³-hybridized carbons (Fsp3) is 0.414. The van der Waals surface area contributed by atoms with Gasteiger partial charge < -0.3 is 14.3 Å². The van der Waals surface area contributed by atoms with Gasteiger partial charge in [0, 0.05) is 12.0 Å². The second kappa shape index (κ2) is 13.5. The molecule has 0 radical (unpaired) electrons. The summed E-state index contributed by atoms with van der Waals surface area (Å²) in [6.45, 7) is 7.64. The summed E-state index contributed by atoms with van der Waals surface area (Å²) in [5, 5.41) is 10.5. The monoisotopic (exact) mass is 480 g/mol. The van der Waals surface area contributed by atoms with Crippen LogP contribution in [0.15, 0.2) is 51.2 Å². The molecule has 0 saturated heterocycles. The van der Waals surface area contributed by atoms with Gasteiger partial charge in [-0.1, -0.05) is 50.6 Å². The molecule has 2 aromatic rings. The fourth-order valence-electron chi connectivity index (χ4n) is 3.75. The Labute approximate surface area is 207 Å². The van der Waals surface area contributed by atoms with Crippen molar-refractivity contribution in [3.8, 4) is 5.75 Å². The average Bonchev–Trinajstić information content (AvgIpc) is 2.82. The van der Waals surface area contributed by atoms with E-state index in [1.165, 1.54) is 18.7 Å². The highest BCUT2D eigenvalue weighted by molar-refractivity contribution is 6.12. The molecular formula is C29H36O6. The fourth-order valence-corrected chi connectivity index (χ4v) is 3.75. The number of Topliss-reactive ketones (excluding diaryl/α,β-unsaturated/α-hetero) is 1. The van der Waals surface area contributed by atoms with Gasteiger partial charge in [0.25, 0.3) is 0 Å². The van der Waals surface area contributed by atoms with Crippen LogP contribution in [0.1, 0.15) is 91.6 Å². The molecule has 1 heterocycles. The van der Waals surface area contributed by atoms with Crippen LogP contribution in [0.4, 0.5) is 0 Å². The van der Waals surface area contributed by atoms with Crippen LogP contribution in [-0.4, -0.2) is 24.0 Å². The van der Waals surface area contributed by atoms with Gasteiger partial charge in [0.2, 0.25) is 0 Å². The van der Waals surface area contributed by atoms with E-state index in [4.69, 9.17) is 4.42 Å². The lowest BCUT2D eigenvalue weighted by atomic mass is 9.97. The van der Waals surface area contributed by atoms with E-state index in [0.717, 1.165) is 30.4 Å². The SMILES string of the molecule is CCCCc1ccc(C=C(C)C(=O)c2c(O)cc(C(C)CC/C=C/CC(=O)OC)oc2=O)c(C)c1. The van der Waals surface area contributed by atoms with Crippen molar-refractivity contribution in [3.63, 3.8) is 0 Å². The Morgan fingerprint density at radius 1 is 1.20 bits per heavy atom. The van der Waals surface area contributed by atoms with Crippen molar-refractivity contribution in [2.24, 2.45) is 0 Å². The molecule has 0 amide bonds. The quantitative estimate of drug-likeness (QED) is 0.166. The maximum absolute atomic E-state index is 13.0. The highest BCUT2D eigenvalue weighted by Crippen LogP contribution is 2.26. The zero-order valence-corrected chi connectivity index (χ0v) is 21.3. The van der Waals surface area contributed by atoms with Gasteiger partial charge in [0.05, 0.1) is 13.5 Å². The molecule has 0 fully saturated rings. The number of methoxy groups -OCH3 is 1. The number of aryl methyl sites for hydroxylation is 2. The molecule has 0 spiro atoms. The Balaban J connectivity index is 2.14. The van der Waals surface area contributed by atoms with E-state index < -0.39 is 11.4 Å². The van der Waals surface area contributed by atoms with Gasteiger partial charge in [0.1, 0.15) is 17.1 Å². The first-order valence-electron chi connectivity index (χ1n) is 12.1. The Morgan fingerprint density at radius 3 is 2.57 bits per heavy atom. The normalized spacial score (nSPS) is 12.7. The Bertz CT molecular complexity index is 1150. The summed E-state index contributed by atoms with van der Waals surface area (Å²) < 4.78 is 9.98. The number of rotatable bonds is 12. The second-order valence-corrected chi connectivity index (χ2v) is 8.88. The first-order chi connectivity index (χ1) is 16.7. The van der Waals surface area contributed by atoms with Gasteiger partial charge in [-0.2, -0.15) is 0 Å². The third-order valence-corrected chi connectivity index (χ3v) is 5.99. The van der Waals surface area contributed by atoms with Crippen molar-refractivity contribution in [2.45, 2.75) is 72.1 Å². The standard InChI is InChI=1S/C29H36O6/c1-6-7-12-22-14-15-23(20(3)16-22)17-21(4)28(32)27-24(30)18-25(35-29(27)33)19(2)11-9-8-10-13-26(31)34-5/h8,10,14-19,30H,6-7,9,11-13H2,1-5H3/b10-8+,21-17?. The topological polar surface area (TPSA) is 93.8 Å². The Kier molecular flexibility index (Phi) is 10.7. The molecule has 1 atom stereocenters. The largest absolute Gasteiger partial charge is 0.507 e. The van der Waals surface area contributed by atoms with Gasteiger partial charge in [0.15, 0.2) is 5.78 Å². The molecule has 0 aliphatic carbocycles. The van der Waals surface area contributed by atoms with Gasteiger partial charge in [-0.3, -0.25) is 9.59 Å². The van der Waals surface area contributed by atoms with E-state index in [2.05, 4.69) is 23.8 Å². The average molecular weight is 481 g/mol. The van der Waals surface area contributed by atoms with Gasteiger partial charge in [-0.25, -0.2) is 4.79 Å². The molecule has 1 unspecified atom stereocenters. The molecule has 6 heteroatoms. The van der Waals surface area contributed by atoms with Gasteiger partial charge in [-0.05, 0) is 67.9 Å². The minimum Gasteiger partial charge on any atom is -0.507 e. The molecule has 6 nitrogen and oxygen atoms in total. The van der Waals surface area contributed by atoms with Crippen LogP contribution in [0.5, 0.6) is 5.75 Å². The van der Waals surface area contributed by atoms with Crippen molar-refractivity contribution in [1.82, 2.24) is 0 Å². The van der Waals surface area contributed by atoms with Crippen LogP contribution >= 0.6 is 0 Å². The minimum absolute atomic E-state index is 0.161. The first kappa shape index (κ1) is 27.8. The summed E-state index contributed by atoms with van der Waals surface area (Å²) in [5.41, 5.74) is 2.33. The highest BCUT2D eigenvalue weighted by atomic mass is 16.5. The number of aromatic hydroxyl groups is 1. The minimum atomic E-state index is -0.850. The van der Waals surface area contributed by atoms with E-state index >= 15 is 0 Å². The summed E-state index contributed by atoms with van der Waals surface area (Å²) in [6.07, 6.45) is 10.1. The number of benzene rings is 1. The van der Waals surface area contributed by atoms with Crippen LogP contribution in [-0.2, 0) is 16.0 Å². The lowest BCUT2D eigenvalue weighted by Gasteiger charge is -2.11. The number of hydrogen-bond donors (Lipinski definition) is 1. The second-order valence-electron chi connectivity index (χ2n) is 8.88. The highest BCUT2D eigenvalue weighted by Gasteiger charge is 2.22. The summed E-state index contributed by atoms with van der Waals surface area (Å²) in [6, 6.07) is 7.49. The molecule has 0 aliphatic heterocycles. The van der Waals surface area contributed by atoms with Crippen molar-refractivity contribution in [1.29, 1.82) is 0 Å². The number of carbonyl (C=O) groups excluding carboxylic acids is 2. The molecule has 0 bridgehead atoms. The zero-order valence-electron chi connectivity index (χ0n) is 21.3. The van der Waals surface area contributed by atoms with Crippen LogP contribution < -0.4 is 5.63 Å². The number of esters is 1. The van der Waals surface area contributed by atoms with E-state index in [1.807, 2.05) is 26.0 Å². The number of hydrogen-bond acceptors (Lipinski definition) is 6. The van der Waals surface area contributed by atoms with Crippen LogP contribution in [0.25, 0.3) is 6.08 Å². The van der Waals surface area contributed by atoms with E-state index in [0.29, 0.717) is 24.2 Å². The van der Waals surface area contributed by atoms with Crippen LogP contribution in [0.3, 0.4) is 0 Å². The summed E-state index contributed by atoms with van der Waals surface area (Å²) >= 11 is 0. The molecule has 35 heavy (non-hydrogen) atoms. The number of carbonyl (C=O) groups is 2. The predicted molar refractivity (Wildman–Crippen MR) is 138 cm³/mol. The Morgan fingerprint density at radius 2 is 1.94 bits per heavy atom. The maximum atomic E-state index is 13.0. The van der Waals surface area contributed by atoms with Crippen LogP contribution in [0, 0.1) is 6.92 Å².